The lowest BCUT2D eigenvalue weighted by Crippen LogP contribution is -2.30. The molecule has 8 heteroatoms. The normalized spacial score (nSPS) is 12.0. The summed E-state index contributed by atoms with van der Waals surface area (Å²) in [4.78, 5) is 0.147. The van der Waals surface area contributed by atoms with E-state index in [1.54, 1.807) is 26.0 Å². The van der Waals surface area contributed by atoms with Crippen molar-refractivity contribution < 1.29 is 21.0 Å². The third-order valence-corrected chi connectivity index (χ3v) is 4.35. The highest BCUT2D eigenvalue weighted by atomic mass is 32.2. The second kappa shape index (κ2) is 7.04. The number of hydrogen-bond donors (Lipinski definition) is 1. The Bertz CT molecular complexity index is 738. The maximum atomic E-state index is 11.9. The van der Waals surface area contributed by atoms with E-state index in [0.29, 0.717) is 5.56 Å². The monoisotopic (exact) mass is 331 g/mol. The SMILES string of the molecule is CC(C)NS(=O)(=O)c1ccc(C#CCOS(C)(=O)=O)cc1. The Labute approximate surface area is 125 Å². The molecular formula is C13H17NO5S2. The summed E-state index contributed by atoms with van der Waals surface area (Å²) < 4.78 is 52.2. The molecule has 0 saturated heterocycles. The third kappa shape index (κ3) is 6.73. The summed E-state index contributed by atoms with van der Waals surface area (Å²) in [5, 5.41) is 0. The van der Waals surface area contributed by atoms with E-state index in [1.807, 2.05) is 0 Å². The van der Waals surface area contributed by atoms with E-state index in [4.69, 9.17) is 0 Å². The van der Waals surface area contributed by atoms with Crippen molar-refractivity contribution in [1.82, 2.24) is 4.72 Å². The molecule has 0 fully saturated rings. The van der Waals surface area contributed by atoms with Gasteiger partial charge in [0.05, 0.1) is 11.2 Å². The lowest BCUT2D eigenvalue weighted by molar-refractivity contribution is 0.368. The van der Waals surface area contributed by atoms with E-state index in [9.17, 15) is 16.8 Å². The number of nitrogens with one attached hydrogen (secondary N) is 1. The van der Waals surface area contributed by atoms with Gasteiger partial charge >= 0.3 is 0 Å². The maximum Gasteiger partial charge on any atom is 0.265 e. The van der Waals surface area contributed by atoms with Crippen LogP contribution in [0.3, 0.4) is 0 Å². The summed E-state index contributed by atoms with van der Waals surface area (Å²) in [5.41, 5.74) is 0.565. The van der Waals surface area contributed by atoms with Gasteiger partial charge in [0.15, 0.2) is 0 Å². The number of hydrogen-bond acceptors (Lipinski definition) is 5. The Morgan fingerprint density at radius 1 is 1.14 bits per heavy atom. The lowest BCUT2D eigenvalue weighted by atomic mass is 10.2. The molecule has 0 aliphatic rings. The van der Waals surface area contributed by atoms with Gasteiger partial charge in [0.1, 0.15) is 6.61 Å². The zero-order valence-corrected chi connectivity index (χ0v) is 13.6. The van der Waals surface area contributed by atoms with Crippen molar-refractivity contribution in [2.24, 2.45) is 0 Å². The molecule has 0 bridgehead atoms. The fourth-order valence-electron chi connectivity index (χ4n) is 1.37. The molecule has 6 nitrogen and oxygen atoms in total. The van der Waals surface area contributed by atoms with E-state index in [-0.39, 0.29) is 17.5 Å². The Morgan fingerprint density at radius 2 is 1.71 bits per heavy atom. The van der Waals surface area contributed by atoms with Crippen molar-refractivity contribution in [2.75, 3.05) is 12.9 Å². The van der Waals surface area contributed by atoms with E-state index in [1.165, 1.54) is 12.1 Å². The molecule has 1 rings (SSSR count). The first-order valence-electron chi connectivity index (χ1n) is 6.06. The molecule has 1 aromatic rings. The van der Waals surface area contributed by atoms with E-state index >= 15 is 0 Å². The summed E-state index contributed by atoms with van der Waals surface area (Å²) in [7, 11) is -7.03. The zero-order chi connectivity index (χ0) is 16.1. The summed E-state index contributed by atoms with van der Waals surface area (Å²) >= 11 is 0. The summed E-state index contributed by atoms with van der Waals surface area (Å²) in [6.45, 7) is 3.23. The standard InChI is InChI=1S/C13H17NO5S2/c1-11(2)14-21(17,18)13-8-6-12(7-9-13)5-4-10-19-20(3,15)16/h6-9,11,14H,10H2,1-3H3. The van der Waals surface area contributed by atoms with Gasteiger partial charge in [-0.1, -0.05) is 11.8 Å². The Hall–Kier alpha value is -1.40. The predicted octanol–water partition coefficient (Wildman–Crippen LogP) is 0.701. The quantitative estimate of drug-likeness (QED) is 0.634. The molecule has 116 valence electrons. The number of rotatable bonds is 5. The molecule has 0 radical (unpaired) electrons. The van der Waals surface area contributed by atoms with Crippen molar-refractivity contribution in [3.05, 3.63) is 29.8 Å². The van der Waals surface area contributed by atoms with Crippen LogP contribution in [0.25, 0.3) is 0 Å². The van der Waals surface area contributed by atoms with Crippen molar-refractivity contribution in [3.8, 4) is 11.8 Å². The first-order chi connectivity index (χ1) is 9.60. The molecule has 0 aromatic heterocycles. The maximum absolute atomic E-state index is 11.9. The van der Waals surface area contributed by atoms with Gasteiger partial charge in [-0.3, -0.25) is 4.18 Å². The molecule has 0 atom stereocenters. The molecule has 0 spiro atoms. The van der Waals surface area contributed by atoms with Crippen LogP contribution in [0.15, 0.2) is 29.2 Å². The second-order valence-electron chi connectivity index (χ2n) is 4.57. The topological polar surface area (TPSA) is 89.5 Å². The van der Waals surface area contributed by atoms with Crippen LogP contribution in [-0.4, -0.2) is 35.7 Å². The third-order valence-electron chi connectivity index (χ3n) is 2.13. The molecule has 0 amide bonds. The van der Waals surface area contributed by atoms with Crippen molar-refractivity contribution in [2.45, 2.75) is 24.8 Å². The Balaban J connectivity index is 2.78. The minimum Gasteiger partial charge on any atom is -0.257 e. The van der Waals surface area contributed by atoms with Crippen LogP contribution in [0.4, 0.5) is 0 Å². The van der Waals surface area contributed by atoms with Crippen LogP contribution >= 0.6 is 0 Å². The highest BCUT2D eigenvalue weighted by Gasteiger charge is 2.14. The fourth-order valence-corrected chi connectivity index (χ4v) is 2.89. The molecule has 1 aromatic carbocycles. The molecule has 0 aliphatic heterocycles. The average Bonchev–Trinajstić information content (AvgIpc) is 2.32. The highest BCUT2D eigenvalue weighted by molar-refractivity contribution is 7.89. The fraction of sp³-hybridized carbons (Fsp3) is 0.385. The van der Waals surface area contributed by atoms with E-state index in [0.717, 1.165) is 6.26 Å². The first-order valence-corrected chi connectivity index (χ1v) is 9.36. The molecule has 1 N–H and O–H groups in total. The van der Waals surface area contributed by atoms with Crippen LogP contribution in [0.2, 0.25) is 0 Å². The largest absolute Gasteiger partial charge is 0.265 e. The summed E-state index contributed by atoms with van der Waals surface area (Å²) in [5.74, 6) is 5.21. The summed E-state index contributed by atoms with van der Waals surface area (Å²) in [6, 6.07) is 5.77. The molecule has 21 heavy (non-hydrogen) atoms. The molecular weight excluding hydrogens is 314 g/mol. The van der Waals surface area contributed by atoms with Crippen molar-refractivity contribution in [1.29, 1.82) is 0 Å². The molecule has 0 saturated carbocycles. The molecule has 0 unspecified atom stereocenters. The van der Waals surface area contributed by atoms with Gasteiger partial charge in [-0.2, -0.15) is 8.42 Å². The minimum atomic E-state index is -3.52. The highest BCUT2D eigenvalue weighted by Crippen LogP contribution is 2.10. The van der Waals surface area contributed by atoms with Gasteiger partial charge in [-0.15, -0.1) is 0 Å². The molecule has 0 heterocycles. The van der Waals surface area contributed by atoms with Gasteiger partial charge in [0.25, 0.3) is 10.1 Å². The van der Waals surface area contributed by atoms with Crippen molar-refractivity contribution in [3.63, 3.8) is 0 Å². The average molecular weight is 331 g/mol. The number of sulfonamides is 1. The minimum absolute atomic E-state index is 0.147. The van der Waals surface area contributed by atoms with Crippen molar-refractivity contribution >= 4 is 20.1 Å². The van der Waals surface area contributed by atoms with Crippen LogP contribution in [-0.2, 0) is 24.3 Å². The van der Waals surface area contributed by atoms with Crippen LogP contribution in [0.5, 0.6) is 0 Å². The smallest absolute Gasteiger partial charge is 0.257 e. The van der Waals surface area contributed by atoms with E-state index in [2.05, 4.69) is 20.7 Å². The van der Waals surface area contributed by atoms with Crippen LogP contribution in [0.1, 0.15) is 19.4 Å². The lowest BCUT2D eigenvalue weighted by Gasteiger charge is -2.09. The predicted molar refractivity (Wildman–Crippen MR) is 79.6 cm³/mol. The zero-order valence-electron chi connectivity index (χ0n) is 12.0. The van der Waals surface area contributed by atoms with Gasteiger partial charge in [0, 0.05) is 11.6 Å². The molecule has 0 aliphatic carbocycles. The van der Waals surface area contributed by atoms with Gasteiger partial charge in [-0.05, 0) is 38.1 Å². The second-order valence-corrected chi connectivity index (χ2v) is 7.93. The van der Waals surface area contributed by atoms with E-state index < -0.39 is 20.1 Å². The van der Waals surface area contributed by atoms with Gasteiger partial charge in [-0.25, -0.2) is 13.1 Å². The first kappa shape index (κ1) is 17.7. The van der Waals surface area contributed by atoms with Gasteiger partial charge in [0.2, 0.25) is 10.0 Å². The van der Waals surface area contributed by atoms with Crippen LogP contribution < -0.4 is 4.72 Å². The number of benzene rings is 1. The van der Waals surface area contributed by atoms with Gasteiger partial charge < -0.3 is 0 Å². The van der Waals surface area contributed by atoms with Crippen LogP contribution in [0, 0.1) is 11.8 Å². The summed E-state index contributed by atoms with van der Waals surface area (Å²) in [6.07, 6.45) is 0.941. The Morgan fingerprint density at radius 3 is 2.19 bits per heavy atom. The Kier molecular flexibility index (Phi) is 5.92.